The first-order valence-corrected chi connectivity index (χ1v) is 8.79. The van der Waals surface area contributed by atoms with Crippen LogP contribution in [-0.4, -0.2) is 29.0 Å². The van der Waals surface area contributed by atoms with E-state index in [0.29, 0.717) is 0 Å². The molecule has 1 aromatic heterocycles. The Balaban J connectivity index is 1.74. The van der Waals surface area contributed by atoms with Crippen LogP contribution in [0.3, 0.4) is 0 Å². The molecule has 3 nitrogen and oxygen atoms in total. The molecule has 21 heavy (non-hydrogen) atoms. The fourth-order valence-corrected chi connectivity index (χ4v) is 4.16. The van der Waals surface area contributed by atoms with E-state index in [-0.39, 0.29) is 0 Å². The van der Waals surface area contributed by atoms with Crippen molar-refractivity contribution in [3.8, 4) is 0 Å². The zero-order chi connectivity index (χ0) is 14.7. The van der Waals surface area contributed by atoms with E-state index in [9.17, 15) is 0 Å². The fourth-order valence-electron chi connectivity index (χ4n) is 3.99. The third-order valence-electron chi connectivity index (χ3n) is 4.99. The molecule has 4 heteroatoms. The van der Waals surface area contributed by atoms with Crippen LogP contribution in [0.5, 0.6) is 0 Å². The lowest BCUT2D eigenvalue weighted by Crippen LogP contribution is -2.46. The first-order chi connectivity index (χ1) is 10.3. The van der Waals surface area contributed by atoms with Crippen LogP contribution in [0.2, 0.25) is 5.02 Å². The number of hydrogen-bond donors (Lipinski definition) is 1. The topological polar surface area (TPSA) is 28.2 Å². The zero-order valence-electron chi connectivity index (χ0n) is 12.9. The maximum Gasteiger partial charge on any atom is 0.126 e. The number of rotatable bonds is 4. The number of hydrogen-bond acceptors (Lipinski definition) is 3. The molecule has 1 aromatic rings. The van der Waals surface area contributed by atoms with Gasteiger partial charge in [0.15, 0.2) is 0 Å². The second kappa shape index (κ2) is 6.97. The first-order valence-electron chi connectivity index (χ1n) is 8.41. The molecule has 3 rings (SSSR count). The van der Waals surface area contributed by atoms with Crippen molar-refractivity contribution >= 4 is 17.4 Å². The van der Waals surface area contributed by atoms with Crippen molar-refractivity contribution in [2.45, 2.75) is 58.0 Å². The van der Waals surface area contributed by atoms with Crippen LogP contribution in [0, 0.1) is 5.92 Å². The normalized spacial score (nSPS) is 26.4. The zero-order valence-corrected chi connectivity index (χ0v) is 13.7. The standard InChI is InChI=1S/C17H26ClN3/c1-2-19-17-10-9-14(18)15(20-17)12-21-11-5-7-13-6-3-4-8-16(13)21/h9-10,13,16H,2-8,11-12H2,1H3,(H,19,20)/t13-,16-/m1/s1. The Morgan fingerprint density at radius 1 is 1.24 bits per heavy atom. The number of aromatic nitrogens is 1. The van der Waals surface area contributed by atoms with Gasteiger partial charge in [-0.3, -0.25) is 4.90 Å². The highest BCUT2D eigenvalue weighted by Crippen LogP contribution is 2.36. The minimum Gasteiger partial charge on any atom is -0.370 e. The monoisotopic (exact) mass is 307 g/mol. The maximum absolute atomic E-state index is 6.37. The Morgan fingerprint density at radius 3 is 2.90 bits per heavy atom. The molecule has 0 spiro atoms. The van der Waals surface area contributed by atoms with Gasteiger partial charge in [-0.05, 0) is 57.2 Å². The highest BCUT2D eigenvalue weighted by molar-refractivity contribution is 6.31. The van der Waals surface area contributed by atoms with Gasteiger partial charge in [-0.15, -0.1) is 0 Å². The molecule has 1 N–H and O–H groups in total. The molecule has 0 bridgehead atoms. The van der Waals surface area contributed by atoms with Gasteiger partial charge < -0.3 is 5.32 Å². The van der Waals surface area contributed by atoms with Gasteiger partial charge in [0.2, 0.25) is 0 Å². The number of fused-ring (bicyclic) bond motifs is 1. The van der Waals surface area contributed by atoms with Crippen molar-refractivity contribution in [3.05, 3.63) is 22.8 Å². The van der Waals surface area contributed by atoms with Crippen molar-refractivity contribution in [2.75, 3.05) is 18.4 Å². The largest absolute Gasteiger partial charge is 0.370 e. The molecular formula is C17H26ClN3. The summed E-state index contributed by atoms with van der Waals surface area (Å²) in [7, 11) is 0. The summed E-state index contributed by atoms with van der Waals surface area (Å²) in [6.45, 7) is 5.08. The minimum absolute atomic E-state index is 0.758. The Kier molecular flexibility index (Phi) is 5.02. The average Bonchev–Trinajstić information content (AvgIpc) is 2.51. The molecule has 0 amide bonds. The lowest BCUT2D eigenvalue weighted by Gasteiger charge is -2.44. The van der Waals surface area contributed by atoms with Gasteiger partial charge in [-0.1, -0.05) is 24.4 Å². The SMILES string of the molecule is CCNc1ccc(Cl)c(CN2CCC[C@H]3CCCC[C@H]32)n1. The van der Waals surface area contributed by atoms with E-state index in [0.717, 1.165) is 41.6 Å². The molecule has 0 radical (unpaired) electrons. The summed E-state index contributed by atoms with van der Waals surface area (Å²) < 4.78 is 0. The molecule has 0 unspecified atom stereocenters. The van der Waals surface area contributed by atoms with E-state index in [1.807, 2.05) is 12.1 Å². The summed E-state index contributed by atoms with van der Waals surface area (Å²) >= 11 is 6.37. The highest BCUT2D eigenvalue weighted by Gasteiger charge is 2.33. The predicted molar refractivity (Wildman–Crippen MR) is 88.8 cm³/mol. The van der Waals surface area contributed by atoms with Crippen molar-refractivity contribution in [1.82, 2.24) is 9.88 Å². The van der Waals surface area contributed by atoms with Gasteiger partial charge in [-0.2, -0.15) is 0 Å². The van der Waals surface area contributed by atoms with Crippen molar-refractivity contribution in [1.29, 1.82) is 0 Å². The molecule has 0 aromatic carbocycles. The average molecular weight is 308 g/mol. The van der Waals surface area contributed by atoms with Crippen molar-refractivity contribution in [2.24, 2.45) is 5.92 Å². The van der Waals surface area contributed by atoms with E-state index < -0.39 is 0 Å². The van der Waals surface area contributed by atoms with E-state index in [2.05, 4.69) is 17.1 Å². The molecule has 2 heterocycles. The third kappa shape index (κ3) is 3.51. The van der Waals surface area contributed by atoms with Crippen molar-refractivity contribution in [3.63, 3.8) is 0 Å². The summed E-state index contributed by atoms with van der Waals surface area (Å²) in [6, 6.07) is 4.70. The summed E-state index contributed by atoms with van der Waals surface area (Å²) in [5.74, 6) is 1.84. The van der Waals surface area contributed by atoms with E-state index in [1.54, 1.807) is 0 Å². The van der Waals surface area contributed by atoms with Crippen LogP contribution in [0.1, 0.15) is 51.1 Å². The van der Waals surface area contributed by atoms with E-state index >= 15 is 0 Å². The second-order valence-corrected chi connectivity index (χ2v) is 6.79. The predicted octanol–water partition coefficient (Wildman–Crippen LogP) is 4.32. The Hall–Kier alpha value is -0.800. The van der Waals surface area contributed by atoms with Gasteiger partial charge in [-0.25, -0.2) is 4.98 Å². The lowest BCUT2D eigenvalue weighted by atomic mass is 9.78. The third-order valence-corrected chi connectivity index (χ3v) is 5.33. The fraction of sp³-hybridized carbons (Fsp3) is 0.706. The molecular weight excluding hydrogens is 282 g/mol. The number of likely N-dealkylation sites (tertiary alicyclic amines) is 1. The minimum atomic E-state index is 0.758. The summed E-state index contributed by atoms with van der Waals surface area (Å²) in [4.78, 5) is 7.35. The van der Waals surface area contributed by atoms with Crippen molar-refractivity contribution < 1.29 is 0 Å². The maximum atomic E-state index is 6.37. The first kappa shape index (κ1) is 15.1. The summed E-state index contributed by atoms with van der Waals surface area (Å²) in [5.41, 5.74) is 1.03. The molecule has 1 aliphatic carbocycles. The van der Waals surface area contributed by atoms with Crippen LogP contribution in [0.4, 0.5) is 5.82 Å². The number of nitrogens with one attached hydrogen (secondary N) is 1. The van der Waals surface area contributed by atoms with Crippen LogP contribution >= 0.6 is 11.6 Å². The quantitative estimate of drug-likeness (QED) is 0.898. The number of halogens is 1. The van der Waals surface area contributed by atoms with Crippen LogP contribution in [-0.2, 0) is 6.54 Å². The van der Waals surface area contributed by atoms with Gasteiger partial charge in [0.05, 0.1) is 10.7 Å². The van der Waals surface area contributed by atoms with Crippen LogP contribution in [0.15, 0.2) is 12.1 Å². The van der Waals surface area contributed by atoms with Gasteiger partial charge >= 0.3 is 0 Å². The number of anilines is 1. The van der Waals surface area contributed by atoms with E-state index in [4.69, 9.17) is 16.6 Å². The van der Waals surface area contributed by atoms with Gasteiger partial charge in [0, 0.05) is 19.1 Å². The Bertz CT molecular complexity index is 475. The molecule has 2 aliphatic rings. The molecule has 1 aliphatic heterocycles. The van der Waals surface area contributed by atoms with Gasteiger partial charge in [0.25, 0.3) is 0 Å². The number of nitrogens with zero attached hydrogens (tertiary/aromatic N) is 2. The Labute approximate surface area is 133 Å². The highest BCUT2D eigenvalue weighted by atomic mass is 35.5. The van der Waals surface area contributed by atoms with Gasteiger partial charge in [0.1, 0.15) is 5.82 Å². The smallest absolute Gasteiger partial charge is 0.126 e. The summed E-state index contributed by atoms with van der Waals surface area (Å²) in [6.07, 6.45) is 8.32. The Morgan fingerprint density at radius 2 is 2.05 bits per heavy atom. The molecule has 2 atom stereocenters. The molecule has 1 saturated heterocycles. The van der Waals surface area contributed by atoms with Crippen LogP contribution in [0.25, 0.3) is 0 Å². The second-order valence-electron chi connectivity index (χ2n) is 6.38. The van der Waals surface area contributed by atoms with E-state index in [1.165, 1.54) is 45.1 Å². The number of piperidine rings is 1. The molecule has 116 valence electrons. The number of pyridine rings is 1. The lowest BCUT2D eigenvalue weighted by molar-refractivity contribution is 0.0538. The van der Waals surface area contributed by atoms with Crippen LogP contribution < -0.4 is 5.32 Å². The summed E-state index contributed by atoms with van der Waals surface area (Å²) in [5, 5.41) is 4.08. The molecule has 1 saturated carbocycles. The molecule has 2 fully saturated rings.